The van der Waals surface area contributed by atoms with Crippen molar-refractivity contribution in [3.8, 4) is 11.5 Å². The maximum Gasteiger partial charge on any atom is 0.243 e. The number of ether oxygens (including phenoxy) is 2. The second kappa shape index (κ2) is 7.39. The van der Waals surface area contributed by atoms with Gasteiger partial charge in [-0.3, -0.25) is 0 Å². The van der Waals surface area contributed by atoms with E-state index in [1.54, 1.807) is 22.5 Å². The van der Waals surface area contributed by atoms with Gasteiger partial charge in [0, 0.05) is 42.7 Å². The molecule has 152 valence electrons. The Labute approximate surface area is 170 Å². The maximum atomic E-state index is 13.2. The summed E-state index contributed by atoms with van der Waals surface area (Å²) in [5.74, 6) is 1.48. The van der Waals surface area contributed by atoms with Gasteiger partial charge in [-0.05, 0) is 42.5 Å². The van der Waals surface area contributed by atoms with Crippen LogP contribution in [-0.4, -0.2) is 44.0 Å². The molecule has 1 fully saturated rings. The molecule has 3 aromatic rings. The van der Waals surface area contributed by atoms with Crippen LogP contribution in [0.1, 0.15) is 30.7 Å². The first kappa shape index (κ1) is 18.5. The average Bonchev–Trinajstić information content (AvgIpc) is 3.04. The van der Waals surface area contributed by atoms with Crippen LogP contribution < -0.4 is 9.47 Å². The molecular formula is C22H24N2O4S. The summed E-state index contributed by atoms with van der Waals surface area (Å²) in [5.41, 5.74) is 2.41. The van der Waals surface area contributed by atoms with E-state index in [1.165, 1.54) is 10.9 Å². The zero-order valence-electron chi connectivity index (χ0n) is 16.1. The van der Waals surface area contributed by atoms with E-state index in [9.17, 15) is 8.42 Å². The lowest BCUT2D eigenvalue weighted by Gasteiger charge is -2.31. The van der Waals surface area contributed by atoms with Crippen molar-refractivity contribution in [2.24, 2.45) is 0 Å². The average molecular weight is 413 g/mol. The number of piperidine rings is 1. The molecule has 2 aliphatic heterocycles. The quantitative estimate of drug-likeness (QED) is 0.708. The van der Waals surface area contributed by atoms with Crippen LogP contribution in [0, 0.1) is 0 Å². The zero-order valence-corrected chi connectivity index (χ0v) is 17.0. The highest BCUT2D eigenvalue weighted by atomic mass is 32.2. The van der Waals surface area contributed by atoms with Crippen molar-refractivity contribution in [2.45, 2.75) is 30.1 Å². The molecule has 0 amide bonds. The fourth-order valence-electron chi connectivity index (χ4n) is 4.29. The molecule has 0 unspecified atom stereocenters. The molecule has 0 bridgehead atoms. The highest BCUT2D eigenvalue weighted by molar-refractivity contribution is 7.89. The minimum absolute atomic E-state index is 0.271. The third kappa shape index (κ3) is 3.38. The van der Waals surface area contributed by atoms with Crippen molar-refractivity contribution in [2.75, 3.05) is 26.3 Å². The molecule has 1 aromatic heterocycles. The van der Waals surface area contributed by atoms with Gasteiger partial charge >= 0.3 is 0 Å². The number of sulfonamides is 1. The smallest absolute Gasteiger partial charge is 0.243 e. The van der Waals surface area contributed by atoms with Crippen molar-refractivity contribution >= 4 is 20.9 Å². The molecular weight excluding hydrogens is 388 g/mol. The number of nitrogens with zero attached hydrogens (tertiary/aromatic N) is 1. The van der Waals surface area contributed by atoms with E-state index < -0.39 is 10.0 Å². The van der Waals surface area contributed by atoms with Gasteiger partial charge in [-0.1, -0.05) is 18.2 Å². The van der Waals surface area contributed by atoms with Gasteiger partial charge in [0.2, 0.25) is 10.0 Å². The van der Waals surface area contributed by atoms with Gasteiger partial charge in [0.1, 0.15) is 0 Å². The largest absolute Gasteiger partial charge is 0.490 e. The van der Waals surface area contributed by atoms with Gasteiger partial charge < -0.3 is 14.5 Å². The van der Waals surface area contributed by atoms with Crippen LogP contribution in [0.5, 0.6) is 11.5 Å². The van der Waals surface area contributed by atoms with Gasteiger partial charge in [0.15, 0.2) is 11.5 Å². The molecule has 0 aliphatic carbocycles. The minimum Gasteiger partial charge on any atom is -0.490 e. The number of H-pyrrole nitrogens is 1. The molecule has 1 saturated heterocycles. The molecule has 0 radical (unpaired) electrons. The highest BCUT2D eigenvalue weighted by Gasteiger charge is 2.31. The number of nitrogens with one attached hydrogen (secondary N) is 1. The molecule has 5 rings (SSSR count). The number of hydrogen-bond acceptors (Lipinski definition) is 4. The minimum atomic E-state index is -3.55. The van der Waals surface area contributed by atoms with Gasteiger partial charge in [-0.15, -0.1) is 0 Å². The van der Waals surface area contributed by atoms with Crippen molar-refractivity contribution < 1.29 is 17.9 Å². The fraction of sp³-hybridized carbons (Fsp3) is 0.364. The Morgan fingerprint density at radius 2 is 1.72 bits per heavy atom. The van der Waals surface area contributed by atoms with Crippen LogP contribution in [0.15, 0.2) is 53.6 Å². The Morgan fingerprint density at radius 3 is 2.55 bits per heavy atom. The monoisotopic (exact) mass is 412 g/mol. The zero-order chi connectivity index (χ0) is 19.8. The number of benzene rings is 2. The Hall–Kier alpha value is -2.51. The Kier molecular flexibility index (Phi) is 4.72. The number of hydrogen-bond donors (Lipinski definition) is 1. The summed E-state index contributed by atoms with van der Waals surface area (Å²) in [7, 11) is -3.55. The lowest BCUT2D eigenvalue weighted by Crippen LogP contribution is -2.37. The summed E-state index contributed by atoms with van der Waals surface area (Å²) in [6.07, 6.45) is 4.48. The third-order valence-electron chi connectivity index (χ3n) is 5.87. The Balaban J connectivity index is 1.34. The van der Waals surface area contributed by atoms with Gasteiger partial charge in [0.05, 0.1) is 18.1 Å². The summed E-state index contributed by atoms with van der Waals surface area (Å²) in [4.78, 5) is 3.60. The summed E-state index contributed by atoms with van der Waals surface area (Å²) >= 11 is 0. The molecule has 2 aromatic carbocycles. The van der Waals surface area contributed by atoms with E-state index in [2.05, 4.69) is 23.3 Å². The lowest BCUT2D eigenvalue weighted by molar-refractivity contribution is 0.296. The van der Waals surface area contributed by atoms with Crippen LogP contribution in [0.25, 0.3) is 10.9 Å². The SMILES string of the molecule is O=S(=O)(c1ccc2c(c1)OCCCO2)N1CCC(c2c[nH]c3ccccc23)CC1. The first-order chi connectivity index (χ1) is 14.1. The number of aromatic amines is 1. The van der Waals surface area contributed by atoms with E-state index in [0.717, 1.165) is 24.8 Å². The first-order valence-electron chi connectivity index (χ1n) is 10.1. The lowest BCUT2D eigenvalue weighted by atomic mass is 9.90. The molecule has 1 N–H and O–H groups in total. The summed E-state index contributed by atoms with van der Waals surface area (Å²) in [5, 5.41) is 1.23. The van der Waals surface area contributed by atoms with Crippen LogP contribution in [-0.2, 0) is 10.0 Å². The normalized spacial score (nSPS) is 18.6. The highest BCUT2D eigenvalue weighted by Crippen LogP contribution is 2.36. The van der Waals surface area contributed by atoms with E-state index in [-0.39, 0.29) is 4.90 Å². The second-order valence-corrected chi connectivity index (χ2v) is 9.56. The summed E-state index contributed by atoms with van der Waals surface area (Å²) in [6, 6.07) is 13.2. The van der Waals surface area contributed by atoms with Crippen molar-refractivity contribution in [3.05, 3.63) is 54.2 Å². The topological polar surface area (TPSA) is 71.6 Å². The molecule has 0 saturated carbocycles. The van der Waals surface area contributed by atoms with E-state index in [4.69, 9.17) is 9.47 Å². The predicted octanol–water partition coefficient (Wildman–Crippen LogP) is 3.90. The third-order valence-corrected chi connectivity index (χ3v) is 7.77. The summed E-state index contributed by atoms with van der Waals surface area (Å²) < 4.78 is 39.3. The molecule has 3 heterocycles. The fourth-order valence-corrected chi connectivity index (χ4v) is 5.78. The Morgan fingerprint density at radius 1 is 0.966 bits per heavy atom. The maximum absolute atomic E-state index is 13.2. The number of rotatable bonds is 3. The van der Waals surface area contributed by atoms with E-state index in [1.807, 2.05) is 12.1 Å². The van der Waals surface area contributed by atoms with Crippen molar-refractivity contribution in [3.63, 3.8) is 0 Å². The first-order valence-corrected chi connectivity index (χ1v) is 11.5. The number of para-hydroxylation sites is 1. The van der Waals surface area contributed by atoms with Crippen LogP contribution in [0.3, 0.4) is 0 Å². The molecule has 0 spiro atoms. The summed E-state index contributed by atoms with van der Waals surface area (Å²) in [6.45, 7) is 2.15. The van der Waals surface area contributed by atoms with E-state index >= 15 is 0 Å². The molecule has 0 atom stereocenters. The van der Waals surface area contributed by atoms with Crippen LogP contribution in [0.2, 0.25) is 0 Å². The van der Waals surface area contributed by atoms with Crippen LogP contribution >= 0.6 is 0 Å². The molecule has 6 nitrogen and oxygen atoms in total. The van der Waals surface area contributed by atoms with Gasteiger partial charge in [0.25, 0.3) is 0 Å². The molecule has 2 aliphatic rings. The van der Waals surface area contributed by atoms with Crippen molar-refractivity contribution in [1.29, 1.82) is 0 Å². The standard InChI is InChI=1S/C22H24N2O4S/c25-29(26,17-6-7-21-22(14-17)28-13-3-12-27-21)24-10-8-16(9-11-24)19-15-23-20-5-2-1-4-18(19)20/h1-2,4-7,14-16,23H,3,8-13H2. The van der Waals surface area contributed by atoms with Gasteiger partial charge in [-0.25, -0.2) is 8.42 Å². The van der Waals surface area contributed by atoms with Crippen LogP contribution in [0.4, 0.5) is 0 Å². The predicted molar refractivity (Wildman–Crippen MR) is 111 cm³/mol. The molecule has 7 heteroatoms. The second-order valence-electron chi connectivity index (χ2n) is 7.63. The Bertz CT molecular complexity index is 1130. The van der Waals surface area contributed by atoms with Crippen molar-refractivity contribution in [1.82, 2.24) is 9.29 Å². The van der Waals surface area contributed by atoms with E-state index in [0.29, 0.717) is 43.7 Å². The molecule has 29 heavy (non-hydrogen) atoms. The number of aromatic nitrogens is 1. The van der Waals surface area contributed by atoms with Gasteiger partial charge in [-0.2, -0.15) is 4.31 Å². The number of fused-ring (bicyclic) bond motifs is 2.